The monoisotopic (exact) mass is 1940 g/mol. The van der Waals surface area contributed by atoms with E-state index in [0.717, 1.165) is 67.4 Å². The van der Waals surface area contributed by atoms with Crippen molar-refractivity contribution in [3.8, 4) is 0 Å². The first-order chi connectivity index (χ1) is 61.1. The molecular formula is C97H86Cl12FN13O4. The van der Waals surface area contributed by atoms with Crippen molar-refractivity contribution in [2.24, 2.45) is 0 Å². The zero-order valence-corrected chi connectivity index (χ0v) is 77.9. The number of nitrogens with one attached hydrogen (secondary N) is 4. The van der Waals surface area contributed by atoms with Gasteiger partial charge in [0.25, 0.3) is 0 Å². The number of amides is 8. The normalized spacial score (nSPS) is 16.4. The maximum atomic E-state index is 13.2. The number of piperazine rings is 4. The number of halogens is 13. The van der Waals surface area contributed by atoms with Gasteiger partial charge in [0.05, 0.1) is 79.6 Å². The van der Waals surface area contributed by atoms with Crippen LogP contribution in [0.5, 0.6) is 0 Å². The molecule has 4 unspecified atom stereocenters. The van der Waals surface area contributed by atoms with Crippen LogP contribution in [0.3, 0.4) is 0 Å². The molecule has 30 heteroatoms. The highest BCUT2D eigenvalue weighted by molar-refractivity contribution is 6.38. The third-order valence-corrected chi connectivity index (χ3v) is 25.4. The third kappa shape index (κ3) is 24.8. The molecule has 0 spiro atoms. The number of nitrogens with zero attached hydrogens (tertiary/aromatic N) is 9. The van der Waals surface area contributed by atoms with Gasteiger partial charge in [-0.2, -0.15) is 0 Å². The van der Waals surface area contributed by atoms with Crippen molar-refractivity contribution in [3.63, 3.8) is 0 Å². The van der Waals surface area contributed by atoms with Crippen LogP contribution in [-0.4, -0.2) is 122 Å². The Kier molecular flexibility index (Phi) is 32.9. The molecule has 0 aromatic heterocycles. The summed E-state index contributed by atoms with van der Waals surface area (Å²) < 4.78 is 13.2. The average Bonchev–Trinajstić information content (AvgIpc) is 0.799. The van der Waals surface area contributed by atoms with Crippen molar-refractivity contribution in [3.05, 3.63) is 383 Å². The molecule has 4 saturated heterocycles. The van der Waals surface area contributed by atoms with E-state index in [1.54, 1.807) is 64.4 Å². The molecule has 12 aromatic rings. The molecule has 0 radical (unpaired) electrons. The summed E-state index contributed by atoms with van der Waals surface area (Å²) >= 11 is 74.9. The van der Waals surface area contributed by atoms with Crippen molar-refractivity contribution < 1.29 is 23.6 Å². The van der Waals surface area contributed by atoms with Gasteiger partial charge < -0.3 is 60.5 Å². The number of rotatable bonds is 13. The van der Waals surface area contributed by atoms with Crippen molar-refractivity contribution in [1.82, 2.24) is 24.9 Å². The summed E-state index contributed by atoms with van der Waals surface area (Å²) in [5.74, 6) is -0.353. The first kappa shape index (κ1) is 94.4. The maximum Gasteiger partial charge on any atom is 0.322 e. The van der Waals surface area contributed by atoms with E-state index in [0.29, 0.717) is 156 Å². The van der Waals surface area contributed by atoms with Crippen LogP contribution >= 0.6 is 139 Å². The Hall–Kier alpha value is -10.2. The van der Waals surface area contributed by atoms with Crippen molar-refractivity contribution in [1.29, 1.82) is 0 Å². The predicted molar refractivity (Wildman–Crippen MR) is 524 cm³/mol. The van der Waals surface area contributed by atoms with Gasteiger partial charge in [0, 0.05) is 136 Å². The molecule has 4 fully saturated rings. The number of aryl methyl sites for hydroxylation is 2. The fourth-order valence-electron chi connectivity index (χ4n) is 15.6. The van der Waals surface area contributed by atoms with E-state index in [1.807, 2.05) is 219 Å². The summed E-state index contributed by atoms with van der Waals surface area (Å²) in [7, 11) is 0. The lowest BCUT2D eigenvalue weighted by Gasteiger charge is -2.43. The molecule has 0 bridgehead atoms. The standard InChI is InChI=1S/2C25H24Cl3N3O.C24H19Cl3N4O.C23H19Cl3FN3O/c1-16-4-3-5-17(2)24(16)29-25(32)30-12-13-31(22-11-10-20(27)14-21(22)28)23(15-30)18-6-8-19(26)9-7-18;1-17(18-5-3-2-4-6-18)29-25(32)30-13-14-31(23-12-11-21(27)15-22(23)28)24(16-30)19-7-9-20(26)10-8-19;1-28-19-7-9-20(10-8-19)29-24(32)30-12-13-31(22-11-6-18(26)14-21(22)27)23(15-30)16-2-4-17(25)5-3-16;24-16-3-1-15(2-4-16)22-14-29(23(31)28-19-8-6-18(27)7-9-19)11-12-30(22)21-10-5-17(25)13-20(21)26/h3-11,14,23H,12-13,15H2,1-2H3,(H,29,32);2-12,15,17,24H,13-14,16H2,1H3,(H,29,32);2-11,14,23H,12-13,15H2,(H,29,32);1-10,13,22H,11-12,14H2,(H,28,31)/t;17-,24?;;/m.0../s1. The van der Waals surface area contributed by atoms with E-state index in [2.05, 4.69) is 45.7 Å². The quantitative estimate of drug-likeness (QED) is 0.0835. The zero-order valence-electron chi connectivity index (χ0n) is 68.8. The number of hydrogen-bond acceptors (Lipinski definition) is 8. The molecular weight excluding hydrogens is 1860 g/mol. The number of anilines is 7. The third-order valence-electron chi connectivity index (χ3n) is 22.3. The second kappa shape index (κ2) is 44.2. The molecule has 16 rings (SSSR count). The molecule has 4 heterocycles. The lowest BCUT2D eigenvalue weighted by Crippen LogP contribution is -2.53. The van der Waals surface area contributed by atoms with Gasteiger partial charge >= 0.3 is 24.1 Å². The SMILES string of the molecule is C[C@H](NC(=O)N1CCN(c2ccc(Cl)cc2Cl)C(c2ccc(Cl)cc2)C1)c1ccccc1.Cc1cccc(C)c1NC(=O)N1CCN(c2ccc(Cl)cc2Cl)C(c2ccc(Cl)cc2)C1.O=C(Nc1ccc(F)cc1)N1CCN(c2ccc(Cl)cc2Cl)C(c2ccc(Cl)cc2)C1.[C-]#[N+]c1ccc(NC(=O)N2CCN(c3ccc(Cl)cc3Cl)C(c3ccc(Cl)cc3)C2)cc1. The Labute approximate surface area is 799 Å². The van der Waals surface area contributed by atoms with E-state index in [-0.39, 0.29) is 60.2 Å². The van der Waals surface area contributed by atoms with Crippen molar-refractivity contribution in [2.75, 3.05) is 114 Å². The van der Waals surface area contributed by atoms with Gasteiger partial charge in [-0.05, 0) is 217 Å². The minimum absolute atomic E-state index is 0.0718. The minimum atomic E-state index is -0.353. The highest BCUT2D eigenvalue weighted by Crippen LogP contribution is 2.43. The number of carbonyl (C=O) groups excluding carboxylic acids is 4. The van der Waals surface area contributed by atoms with E-state index >= 15 is 0 Å². The van der Waals surface area contributed by atoms with E-state index < -0.39 is 0 Å². The van der Waals surface area contributed by atoms with Gasteiger partial charge in [-0.25, -0.2) is 28.4 Å². The van der Waals surface area contributed by atoms with Crippen LogP contribution in [0.25, 0.3) is 4.85 Å². The smallest absolute Gasteiger partial charge is 0.322 e. The Balaban J connectivity index is 0.000000145. The number of para-hydroxylation sites is 1. The average molecular weight is 1940 g/mol. The lowest BCUT2D eigenvalue weighted by molar-refractivity contribution is 0.182. The van der Waals surface area contributed by atoms with Crippen molar-refractivity contribution in [2.45, 2.75) is 51.0 Å². The number of benzene rings is 12. The van der Waals surface area contributed by atoms with E-state index in [4.69, 9.17) is 146 Å². The van der Waals surface area contributed by atoms with Gasteiger partial charge in [-0.3, -0.25) is 0 Å². The summed E-state index contributed by atoms with van der Waals surface area (Å²) in [6, 6.07) is 79.9. The van der Waals surface area contributed by atoms with Gasteiger partial charge in [0.2, 0.25) is 0 Å². The van der Waals surface area contributed by atoms with Gasteiger partial charge in [0.1, 0.15) is 5.82 Å². The molecule has 5 atom stereocenters. The minimum Gasteiger partial charge on any atom is -0.360 e. The first-order valence-corrected chi connectivity index (χ1v) is 45.1. The Morgan fingerprint density at radius 3 is 0.921 bits per heavy atom. The second-order valence-electron chi connectivity index (χ2n) is 30.5. The van der Waals surface area contributed by atoms with Crippen LogP contribution in [0.15, 0.2) is 267 Å². The Morgan fingerprint density at radius 1 is 0.339 bits per heavy atom. The Bertz CT molecular complexity index is 5860. The summed E-state index contributed by atoms with van der Waals surface area (Å²) in [5, 5.41) is 19.2. The van der Waals surface area contributed by atoms with Crippen molar-refractivity contribution >= 4 is 209 Å². The molecule has 12 aromatic carbocycles. The summed E-state index contributed by atoms with van der Waals surface area (Å²) in [6.07, 6.45) is 0. The maximum absolute atomic E-state index is 13.2. The van der Waals surface area contributed by atoms with Crippen LogP contribution in [0.4, 0.5) is 69.1 Å². The predicted octanol–water partition coefficient (Wildman–Crippen LogP) is 28.5. The van der Waals surface area contributed by atoms with Gasteiger partial charge in [-0.15, -0.1) is 0 Å². The number of hydrogen-bond donors (Lipinski definition) is 4. The van der Waals surface area contributed by atoms with Gasteiger partial charge in [0.15, 0.2) is 5.69 Å². The van der Waals surface area contributed by atoms with Crippen LogP contribution < -0.4 is 40.9 Å². The van der Waals surface area contributed by atoms with Crippen LogP contribution in [-0.2, 0) is 0 Å². The highest BCUT2D eigenvalue weighted by atomic mass is 35.5. The Morgan fingerprint density at radius 2 is 0.622 bits per heavy atom. The summed E-state index contributed by atoms with van der Waals surface area (Å²) in [6.45, 7) is 19.6. The number of carbonyl (C=O) groups is 4. The molecule has 654 valence electrons. The molecule has 4 aliphatic rings. The number of urea groups is 4. The summed E-state index contributed by atoms with van der Waals surface area (Å²) in [4.78, 5) is 71.6. The van der Waals surface area contributed by atoms with E-state index in [9.17, 15) is 23.6 Å². The highest BCUT2D eigenvalue weighted by Gasteiger charge is 2.38. The fraction of sp³-hybridized carbons (Fsp3) is 0.206. The topological polar surface area (TPSA) is 147 Å². The molecule has 8 amide bonds. The van der Waals surface area contributed by atoms with Gasteiger partial charge in [-0.1, -0.05) is 248 Å². The molecule has 0 saturated carbocycles. The first-order valence-electron chi connectivity index (χ1n) is 40.6. The summed E-state index contributed by atoms with van der Waals surface area (Å²) in [5.41, 5.74) is 13.4. The molecule has 4 N–H and O–H groups in total. The van der Waals surface area contributed by atoms with Crippen LogP contribution in [0.1, 0.15) is 76.1 Å². The van der Waals surface area contributed by atoms with Crippen LogP contribution in [0, 0.1) is 26.2 Å². The second-order valence-corrected chi connectivity index (χ2v) is 35.6. The van der Waals surface area contributed by atoms with E-state index in [1.165, 1.54) is 24.3 Å². The zero-order chi connectivity index (χ0) is 90.1. The molecule has 17 nitrogen and oxygen atoms in total. The molecule has 0 aliphatic carbocycles. The largest absolute Gasteiger partial charge is 0.360 e. The molecule has 127 heavy (non-hydrogen) atoms. The fourth-order valence-corrected chi connectivity index (χ4v) is 18.2. The van der Waals surface area contributed by atoms with Crippen LogP contribution in [0.2, 0.25) is 60.3 Å². The molecule has 4 aliphatic heterocycles. The lowest BCUT2D eigenvalue weighted by atomic mass is 10.0.